The second kappa shape index (κ2) is 4.39. The van der Waals surface area contributed by atoms with E-state index in [1.54, 1.807) is 6.20 Å². The molecule has 2 heterocycles. The van der Waals surface area contributed by atoms with Gasteiger partial charge in [0.1, 0.15) is 0 Å². The summed E-state index contributed by atoms with van der Waals surface area (Å²) in [6.45, 7) is 2.38. The molecule has 4 nitrogen and oxygen atoms in total. The fourth-order valence-corrected chi connectivity index (χ4v) is 1.21. The minimum Gasteiger partial charge on any atom is -0.478 e. The number of nitrogens with two attached hydrogens (primary N) is 1. The van der Waals surface area contributed by atoms with Crippen LogP contribution in [0.25, 0.3) is 0 Å². The molecule has 0 bridgehead atoms. The summed E-state index contributed by atoms with van der Waals surface area (Å²) in [5.74, 6) is 0.683. The zero-order valence-corrected chi connectivity index (χ0v) is 8.07. The van der Waals surface area contributed by atoms with Crippen molar-refractivity contribution in [3.63, 3.8) is 0 Å². The van der Waals surface area contributed by atoms with Crippen LogP contribution in [-0.2, 0) is 6.54 Å². The van der Waals surface area contributed by atoms with Crippen LogP contribution in [0.1, 0.15) is 12.0 Å². The molecule has 14 heavy (non-hydrogen) atoms. The van der Waals surface area contributed by atoms with Gasteiger partial charge in [0.25, 0.3) is 0 Å². The van der Waals surface area contributed by atoms with E-state index in [1.165, 1.54) is 0 Å². The molecule has 0 spiro atoms. The second-order valence-electron chi connectivity index (χ2n) is 3.45. The lowest BCUT2D eigenvalue weighted by Crippen LogP contribution is -2.04. The highest BCUT2D eigenvalue weighted by molar-refractivity contribution is 5.17. The lowest BCUT2D eigenvalue weighted by Gasteiger charge is -2.04. The smallest absolute Gasteiger partial charge is 0.213 e. The highest BCUT2D eigenvalue weighted by Crippen LogP contribution is 2.09. The fourth-order valence-electron chi connectivity index (χ4n) is 1.21. The molecule has 1 atom stereocenters. The Kier molecular flexibility index (Phi) is 2.96. The van der Waals surface area contributed by atoms with Gasteiger partial charge in [-0.1, -0.05) is 6.07 Å². The van der Waals surface area contributed by atoms with Gasteiger partial charge in [0, 0.05) is 31.4 Å². The maximum atomic E-state index is 5.46. The Morgan fingerprint density at radius 3 is 3.00 bits per heavy atom. The van der Waals surface area contributed by atoms with Crippen molar-refractivity contribution in [2.24, 2.45) is 5.73 Å². The minimum atomic E-state index is 0.527. The number of nitrogens with one attached hydrogen (secondary N) is 1. The number of pyridine rings is 1. The Balaban J connectivity index is 1.77. The Bertz CT molecular complexity index is 282. The van der Waals surface area contributed by atoms with Gasteiger partial charge in [0.15, 0.2) is 0 Å². The van der Waals surface area contributed by atoms with Crippen molar-refractivity contribution in [1.29, 1.82) is 0 Å². The molecule has 3 N–H and O–H groups in total. The number of aromatic nitrogens is 1. The molecule has 1 fully saturated rings. The van der Waals surface area contributed by atoms with Crippen LogP contribution >= 0.6 is 0 Å². The van der Waals surface area contributed by atoms with E-state index in [9.17, 15) is 0 Å². The van der Waals surface area contributed by atoms with E-state index in [1.807, 2.05) is 12.1 Å². The molecular weight excluding hydrogens is 178 g/mol. The van der Waals surface area contributed by atoms with Gasteiger partial charge >= 0.3 is 0 Å². The van der Waals surface area contributed by atoms with Crippen LogP contribution in [0, 0.1) is 0 Å². The van der Waals surface area contributed by atoms with Crippen molar-refractivity contribution < 1.29 is 4.74 Å². The molecule has 1 unspecified atom stereocenters. The summed E-state index contributed by atoms with van der Waals surface area (Å²) in [5.41, 5.74) is 6.49. The molecule has 0 amide bonds. The van der Waals surface area contributed by atoms with Crippen LogP contribution in [0.5, 0.6) is 5.88 Å². The van der Waals surface area contributed by atoms with Crippen molar-refractivity contribution in [3.8, 4) is 5.88 Å². The van der Waals surface area contributed by atoms with Crippen LogP contribution in [0.3, 0.4) is 0 Å². The predicted octanol–water partition coefficient (Wildman–Crippen LogP) is 0.281. The van der Waals surface area contributed by atoms with Gasteiger partial charge < -0.3 is 15.8 Å². The molecule has 1 saturated heterocycles. The van der Waals surface area contributed by atoms with Crippen molar-refractivity contribution in [1.82, 2.24) is 10.3 Å². The first-order valence-corrected chi connectivity index (χ1v) is 4.89. The molecular formula is C10H15N3O. The predicted molar refractivity (Wildman–Crippen MR) is 54.0 cm³/mol. The van der Waals surface area contributed by atoms with Gasteiger partial charge in [-0.15, -0.1) is 0 Å². The number of hydrogen-bond donors (Lipinski definition) is 2. The minimum absolute atomic E-state index is 0.527. The SMILES string of the molecule is NCc1ccc(OCCC2CN2)nc1. The maximum Gasteiger partial charge on any atom is 0.213 e. The largest absolute Gasteiger partial charge is 0.478 e. The Morgan fingerprint density at radius 1 is 1.57 bits per heavy atom. The summed E-state index contributed by atoms with van der Waals surface area (Å²) in [6.07, 6.45) is 2.81. The first-order chi connectivity index (χ1) is 6.88. The summed E-state index contributed by atoms with van der Waals surface area (Å²) in [4.78, 5) is 4.14. The Hall–Kier alpha value is -1.13. The highest BCUT2D eigenvalue weighted by Gasteiger charge is 2.19. The average molecular weight is 193 g/mol. The van der Waals surface area contributed by atoms with Crippen LogP contribution < -0.4 is 15.8 Å². The second-order valence-corrected chi connectivity index (χ2v) is 3.45. The summed E-state index contributed by atoms with van der Waals surface area (Å²) < 4.78 is 5.46. The fraction of sp³-hybridized carbons (Fsp3) is 0.500. The number of rotatable bonds is 5. The average Bonchev–Trinajstić information content (AvgIpc) is 3.03. The van der Waals surface area contributed by atoms with E-state index in [2.05, 4.69) is 10.3 Å². The molecule has 1 aromatic rings. The van der Waals surface area contributed by atoms with Crippen molar-refractivity contribution in [2.75, 3.05) is 13.2 Å². The molecule has 0 aromatic carbocycles. The Labute approximate surface area is 83.5 Å². The van der Waals surface area contributed by atoms with Crippen LogP contribution in [-0.4, -0.2) is 24.2 Å². The summed E-state index contributed by atoms with van der Waals surface area (Å²) in [7, 11) is 0. The number of ether oxygens (including phenoxy) is 1. The Morgan fingerprint density at radius 2 is 2.43 bits per heavy atom. The van der Waals surface area contributed by atoms with Crippen LogP contribution in [0.4, 0.5) is 0 Å². The normalized spacial score (nSPS) is 19.4. The van der Waals surface area contributed by atoms with E-state index in [-0.39, 0.29) is 0 Å². The van der Waals surface area contributed by atoms with E-state index < -0.39 is 0 Å². The standard InChI is InChI=1S/C10H15N3O/c11-5-8-1-2-10(13-6-8)14-4-3-9-7-12-9/h1-2,6,9,12H,3-5,7,11H2. The molecule has 1 aromatic heterocycles. The van der Waals surface area contributed by atoms with E-state index >= 15 is 0 Å². The first kappa shape index (κ1) is 9.43. The lowest BCUT2D eigenvalue weighted by atomic mass is 10.3. The van der Waals surface area contributed by atoms with Gasteiger partial charge in [-0.3, -0.25) is 0 Å². The number of nitrogens with zero attached hydrogens (tertiary/aromatic N) is 1. The zero-order chi connectivity index (χ0) is 9.80. The molecule has 76 valence electrons. The third-order valence-electron chi connectivity index (χ3n) is 2.24. The maximum absolute atomic E-state index is 5.46. The van der Waals surface area contributed by atoms with Crippen molar-refractivity contribution in [2.45, 2.75) is 19.0 Å². The monoisotopic (exact) mass is 193 g/mol. The molecule has 0 radical (unpaired) electrons. The summed E-state index contributed by atoms with van der Waals surface area (Å²) >= 11 is 0. The molecule has 0 saturated carbocycles. The summed E-state index contributed by atoms with van der Waals surface area (Å²) in [5, 5.41) is 3.22. The first-order valence-electron chi connectivity index (χ1n) is 4.89. The molecule has 2 rings (SSSR count). The molecule has 1 aliphatic heterocycles. The zero-order valence-electron chi connectivity index (χ0n) is 8.07. The van der Waals surface area contributed by atoms with Gasteiger partial charge in [-0.25, -0.2) is 4.98 Å². The molecule has 4 heteroatoms. The lowest BCUT2D eigenvalue weighted by molar-refractivity contribution is 0.298. The third-order valence-corrected chi connectivity index (χ3v) is 2.24. The van der Waals surface area contributed by atoms with E-state index in [0.717, 1.165) is 25.1 Å². The van der Waals surface area contributed by atoms with Gasteiger partial charge in [-0.05, 0) is 12.0 Å². The van der Waals surface area contributed by atoms with Crippen molar-refractivity contribution in [3.05, 3.63) is 23.9 Å². The van der Waals surface area contributed by atoms with Crippen molar-refractivity contribution >= 4 is 0 Å². The highest BCUT2D eigenvalue weighted by atomic mass is 16.5. The molecule has 1 aliphatic rings. The number of hydrogen-bond acceptors (Lipinski definition) is 4. The third kappa shape index (κ3) is 2.68. The quantitative estimate of drug-likeness (QED) is 0.659. The van der Waals surface area contributed by atoms with E-state index in [4.69, 9.17) is 10.5 Å². The molecule has 0 aliphatic carbocycles. The van der Waals surface area contributed by atoms with Gasteiger partial charge in [0.05, 0.1) is 6.61 Å². The van der Waals surface area contributed by atoms with Crippen LogP contribution in [0.2, 0.25) is 0 Å². The van der Waals surface area contributed by atoms with Gasteiger partial charge in [0.2, 0.25) is 5.88 Å². The van der Waals surface area contributed by atoms with Crippen LogP contribution in [0.15, 0.2) is 18.3 Å². The van der Waals surface area contributed by atoms with E-state index in [0.29, 0.717) is 18.5 Å². The topological polar surface area (TPSA) is 70.1 Å². The summed E-state index contributed by atoms with van der Waals surface area (Å²) in [6, 6.07) is 4.47. The van der Waals surface area contributed by atoms with Gasteiger partial charge in [-0.2, -0.15) is 0 Å².